The summed E-state index contributed by atoms with van der Waals surface area (Å²) in [5.41, 5.74) is -2.90. The van der Waals surface area contributed by atoms with E-state index in [-0.39, 0.29) is 5.56 Å². The largest absolute Gasteiger partial charge is 0.372 e. The Bertz CT molecular complexity index is 558. The van der Waals surface area contributed by atoms with Crippen molar-refractivity contribution in [3.05, 3.63) is 37.7 Å². The molecular weight excluding hydrogens is 249 g/mol. The Balaban J connectivity index is 3.68. The van der Waals surface area contributed by atoms with Gasteiger partial charge in [-0.25, -0.2) is 4.39 Å². The summed E-state index contributed by atoms with van der Waals surface area (Å²) in [7, 11) is 0. The van der Waals surface area contributed by atoms with Crippen LogP contribution in [0, 0.1) is 33.0 Å². The lowest BCUT2D eigenvalue weighted by Crippen LogP contribution is -2.12. The Morgan fingerprint density at radius 1 is 1.28 bits per heavy atom. The number of rotatable bonds is 3. The molecule has 0 saturated carbocycles. The minimum absolute atomic E-state index is 0.196. The van der Waals surface area contributed by atoms with Crippen molar-refractivity contribution in [3.8, 4) is 0 Å². The van der Waals surface area contributed by atoms with Gasteiger partial charge in [0, 0.05) is 12.5 Å². The van der Waals surface area contributed by atoms with Crippen molar-refractivity contribution < 1.29 is 19.0 Å². The maximum absolute atomic E-state index is 13.5. The molecule has 0 fully saturated rings. The number of hydrogen-bond acceptors (Lipinski definition) is 5. The molecule has 9 heteroatoms. The molecule has 0 aliphatic carbocycles. The third-order valence-corrected chi connectivity index (χ3v) is 2.08. The summed E-state index contributed by atoms with van der Waals surface area (Å²) in [6.45, 7) is 2.18. The average molecular weight is 257 g/mol. The van der Waals surface area contributed by atoms with Gasteiger partial charge < -0.3 is 5.32 Å². The number of halogens is 1. The summed E-state index contributed by atoms with van der Waals surface area (Å²) < 4.78 is 13.5. The first kappa shape index (κ1) is 13.5. The van der Waals surface area contributed by atoms with Gasteiger partial charge in [0.1, 0.15) is 0 Å². The highest BCUT2D eigenvalue weighted by atomic mass is 19.1. The number of benzene rings is 1. The SMILES string of the molecule is CC(=O)Nc1c(F)cc(C)c([N+](=O)[O-])c1[N+](=O)[O-]. The lowest BCUT2D eigenvalue weighted by atomic mass is 10.1. The van der Waals surface area contributed by atoms with Gasteiger partial charge in [0.25, 0.3) is 0 Å². The summed E-state index contributed by atoms with van der Waals surface area (Å²) in [6, 6.07) is 0.760. The second kappa shape index (κ2) is 4.73. The first-order valence-electron chi connectivity index (χ1n) is 4.65. The number of nitro benzene ring substituents is 2. The van der Waals surface area contributed by atoms with E-state index in [9.17, 15) is 29.4 Å². The first-order chi connectivity index (χ1) is 8.25. The molecule has 0 radical (unpaired) electrons. The van der Waals surface area contributed by atoms with Gasteiger partial charge in [0.05, 0.1) is 9.85 Å². The number of aryl methyl sites for hydroxylation is 1. The molecule has 18 heavy (non-hydrogen) atoms. The monoisotopic (exact) mass is 257 g/mol. The van der Waals surface area contributed by atoms with Gasteiger partial charge in [-0.15, -0.1) is 0 Å². The zero-order valence-corrected chi connectivity index (χ0v) is 9.39. The van der Waals surface area contributed by atoms with Crippen LogP contribution in [0.1, 0.15) is 12.5 Å². The molecule has 1 aromatic rings. The van der Waals surface area contributed by atoms with E-state index in [1.54, 1.807) is 0 Å². The Labute approximate surface area is 99.7 Å². The lowest BCUT2D eigenvalue weighted by molar-refractivity contribution is -0.422. The molecule has 1 rings (SSSR count). The van der Waals surface area contributed by atoms with Gasteiger partial charge in [-0.2, -0.15) is 0 Å². The molecule has 0 spiro atoms. The van der Waals surface area contributed by atoms with Crippen LogP contribution >= 0.6 is 0 Å². The quantitative estimate of drug-likeness (QED) is 0.655. The minimum Gasteiger partial charge on any atom is -0.318 e. The predicted molar refractivity (Wildman–Crippen MR) is 58.7 cm³/mol. The normalized spacial score (nSPS) is 9.94. The van der Waals surface area contributed by atoms with Gasteiger partial charge in [0.15, 0.2) is 11.5 Å². The van der Waals surface area contributed by atoms with Crippen LogP contribution < -0.4 is 5.32 Å². The van der Waals surface area contributed by atoms with Crippen LogP contribution in [0.4, 0.5) is 21.5 Å². The standard InChI is InChI=1S/C9H8FN3O5/c1-4-3-6(10)7(11-5(2)14)9(13(17)18)8(4)12(15)16/h3H,1-2H3,(H,11,14). The van der Waals surface area contributed by atoms with Crippen LogP contribution in [-0.4, -0.2) is 15.8 Å². The molecule has 1 aromatic carbocycles. The number of anilines is 1. The van der Waals surface area contributed by atoms with Crippen LogP contribution in [0.2, 0.25) is 0 Å². The first-order valence-corrected chi connectivity index (χ1v) is 4.65. The number of nitrogens with one attached hydrogen (secondary N) is 1. The van der Waals surface area contributed by atoms with Crippen molar-refractivity contribution in [2.75, 3.05) is 5.32 Å². The summed E-state index contributed by atoms with van der Waals surface area (Å²) >= 11 is 0. The van der Waals surface area contributed by atoms with Crippen LogP contribution in [0.25, 0.3) is 0 Å². The van der Waals surface area contributed by atoms with E-state index in [1.807, 2.05) is 5.32 Å². The molecule has 0 heterocycles. The van der Waals surface area contributed by atoms with Crippen molar-refractivity contribution in [1.82, 2.24) is 0 Å². The Morgan fingerprint density at radius 3 is 2.17 bits per heavy atom. The number of nitrogens with zero attached hydrogens (tertiary/aromatic N) is 2. The van der Waals surface area contributed by atoms with Crippen molar-refractivity contribution in [1.29, 1.82) is 0 Å². The summed E-state index contributed by atoms with van der Waals surface area (Å²) in [4.78, 5) is 30.3. The van der Waals surface area contributed by atoms with Crippen LogP contribution in [0.3, 0.4) is 0 Å². The Kier molecular flexibility index (Phi) is 3.55. The second-order valence-corrected chi connectivity index (χ2v) is 3.44. The maximum Gasteiger partial charge on any atom is 0.372 e. The molecule has 0 aliphatic rings. The number of carbonyl (C=O) groups excluding carboxylic acids is 1. The molecule has 0 aromatic heterocycles. The van der Waals surface area contributed by atoms with E-state index < -0.39 is 38.6 Å². The minimum atomic E-state index is -1.10. The van der Waals surface area contributed by atoms with E-state index in [0.29, 0.717) is 0 Å². The zero-order valence-electron chi connectivity index (χ0n) is 9.39. The van der Waals surface area contributed by atoms with Gasteiger partial charge in [0.2, 0.25) is 5.91 Å². The highest BCUT2D eigenvalue weighted by molar-refractivity contribution is 5.93. The zero-order chi connectivity index (χ0) is 14.0. The van der Waals surface area contributed by atoms with Gasteiger partial charge in [-0.3, -0.25) is 25.0 Å². The fourth-order valence-electron chi connectivity index (χ4n) is 1.45. The topological polar surface area (TPSA) is 115 Å². The summed E-state index contributed by atoms with van der Waals surface area (Å²) in [6.07, 6.45) is 0. The number of amides is 1. The van der Waals surface area contributed by atoms with Gasteiger partial charge >= 0.3 is 11.4 Å². The number of carbonyl (C=O) groups is 1. The molecule has 8 nitrogen and oxygen atoms in total. The molecule has 0 aliphatic heterocycles. The third-order valence-electron chi connectivity index (χ3n) is 2.08. The molecule has 0 saturated heterocycles. The smallest absolute Gasteiger partial charge is 0.318 e. The highest BCUT2D eigenvalue weighted by Crippen LogP contribution is 2.39. The van der Waals surface area contributed by atoms with Crippen LogP contribution in [0.5, 0.6) is 0 Å². The second-order valence-electron chi connectivity index (χ2n) is 3.44. The van der Waals surface area contributed by atoms with Gasteiger partial charge in [-0.05, 0) is 13.0 Å². The molecule has 1 N–H and O–H groups in total. The molecule has 0 atom stereocenters. The van der Waals surface area contributed by atoms with E-state index in [4.69, 9.17) is 0 Å². The Hall–Kier alpha value is -2.58. The van der Waals surface area contributed by atoms with E-state index in [2.05, 4.69) is 0 Å². The lowest BCUT2D eigenvalue weighted by Gasteiger charge is -2.07. The molecule has 96 valence electrons. The number of nitro groups is 2. The van der Waals surface area contributed by atoms with Crippen LogP contribution in [-0.2, 0) is 4.79 Å². The van der Waals surface area contributed by atoms with E-state index >= 15 is 0 Å². The summed E-state index contributed by atoms with van der Waals surface area (Å²) in [5, 5.41) is 23.5. The highest BCUT2D eigenvalue weighted by Gasteiger charge is 2.34. The number of hydrogen-bond donors (Lipinski definition) is 1. The predicted octanol–water partition coefficient (Wildman–Crippen LogP) is 1.91. The maximum atomic E-state index is 13.5. The molecule has 0 bridgehead atoms. The van der Waals surface area contributed by atoms with E-state index in [0.717, 1.165) is 13.0 Å². The fourth-order valence-corrected chi connectivity index (χ4v) is 1.45. The summed E-state index contributed by atoms with van der Waals surface area (Å²) in [5.74, 6) is -1.87. The van der Waals surface area contributed by atoms with E-state index in [1.165, 1.54) is 6.92 Å². The van der Waals surface area contributed by atoms with Crippen molar-refractivity contribution in [3.63, 3.8) is 0 Å². The van der Waals surface area contributed by atoms with Crippen molar-refractivity contribution >= 4 is 23.0 Å². The molecule has 0 unspecified atom stereocenters. The average Bonchev–Trinajstić information content (AvgIpc) is 2.19. The molecular formula is C9H8FN3O5. The fraction of sp³-hybridized carbons (Fsp3) is 0.222. The van der Waals surface area contributed by atoms with Gasteiger partial charge in [-0.1, -0.05) is 0 Å². The Morgan fingerprint density at radius 2 is 1.78 bits per heavy atom. The van der Waals surface area contributed by atoms with Crippen LogP contribution in [0.15, 0.2) is 6.07 Å². The van der Waals surface area contributed by atoms with Crippen molar-refractivity contribution in [2.45, 2.75) is 13.8 Å². The molecule has 1 amide bonds. The van der Waals surface area contributed by atoms with Crippen molar-refractivity contribution in [2.24, 2.45) is 0 Å². The third kappa shape index (κ3) is 2.39.